The average molecular weight is 408 g/mol. The van der Waals surface area contributed by atoms with Crippen molar-refractivity contribution in [3.63, 3.8) is 0 Å². The van der Waals surface area contributed by atoms with Crippen LogP contribution in [0, 0.1) is 6.92 Å². The molecule has 3 aromatic rings. The van der Waals surface area contributed by atoms with Crippen LogP contribution < -0.4 is 9.04 Å². The second-order valence-electron chi connectivity index (χ2n) is 7.03. The van der Waals surface area contributed by atoms with Crippen LogP contribution in [-0.2, 0) is 16.6 Å². The van der Waals surface area contributed by atoms with E-state index >= 15 is 0 Å². The van der Waals surface area contributed by atoms with Gasteiger partial charge in [-0.25, -0.2) is 8.42 Å². The number of nitrogens with zero attached hydrogens (tertiary/aromatic N) is 1. The van der Waals surface area contributed by atoms with Crippen LogP contribution >= 0.6 is 0 Å². The molecule has 0 spiro atoms. The van der Waals surface area contributed by atoms with E-state index in [1.807, 2.05) is 56.3 Å². The summed E-state index contributed by atoms with van der Waals surface area (Å²) in [5.41, 5.74) is 3.24. The maximum Gasteiger partial charge on any atom is 0.264 e. The Bertz CT molecular complexity index is 1080. The van der Waals surface area contributed by atoms with Gasteiger partial charge in [-0.3, -0.25) is 4.31 Å². The third-order valence-corrected chi connectivity index (χ3v) is 6.14. The van der Waals surface area contributed by atoms with E-state index in [0.29, 0.717) is 18.0 Å². The Morgan fingerprint density at radius 2 is 1.59 bits per heavy atom. The lowest BCUT2D eigenvalue weighted by molar-refractivity contribution is 0.307. The fourth-order valence-corrected chi connectivity index (χ4v) is 4.50. The Morgan fingerprint density at radius 3 is 2.21 bits per heavy atom. The molecule has 0 aliphatic carbocycles. The molecule has 5 heteroatoms. The van der Waals surface area contributed by atoms with Crippen molar-refractivity contribution in [2.45, 2.75) is 25.3 Å². The quantitative estimate of drug-likeness (QED) is 0.473. The topological polar surface area (TPSA) is 46.6 Å². The van der Waals surface area contributed by atoms with Gasteiger partial charge in [0.25, 0.3) is 10.0 Å². The minimum absolute atomic E-state index is 0.169. The van der Waals surface area contributed by atoms with Crippen LogP contribution in [0.15, 0.2) is 95.9 Å². The number of rotatable bonds is 8. The van der Waals surface area contributed by atoms with Gasteiger partial charge in [-0.15, -0.1) is 0 Å². The third kappa shape index (κ3) is 5.06. The summed E-state index contributed by atoms with van der Waals surface area (Å²) in [6, 6.07) is 23.8. The third-order valence-electron chi connectivity index (χ3n) is 4.37. The van der Waals surface area contributed by atoms with Gasteiger partial charge in [0.1, 0.15) is 12.4 Å². The van der Waals surface area contributed by atoms with Gasteiger partial charge in [0, 0.05) is 0 Å². The van der Waals surface area contributed by atoms with Crippen LogP contribution in [0.2, 0.25) is 0 Å². The predicted octanol–water partition coefficient (Wildman–Crippen LogP) is 5.35. The molecule has 0 aromatic heterocycles. The molecule has 0 bridgehead atoms. The summed E-state index contributed by atoms with van der Waals surface area (Å²) in [5, 5.41) is 0. The highest BCUT2D eigenvalue weighted by molar-refractivity contribution is 7.92. The molecule has 0 fully saturated rings. The summed E-state index contributed by atoms with van der Waals surface area (Å²) in [5.74, 6) is 0.523. The lowest BCUT2D eigenvalue weighted by Crippen LogP contribution is -2.32. The van der Waals surface area contributed by atoms with Gasteiger partial charge in [-0.2, -0.15) is 0 Å². The molecule has 0 saturated carbocycles. The Labute approximate surface area is 173 Å². The summed E-state index contributed by atoms with van der Waals surface area (Å²) in [6.07, 6.45) is 0. The van der Waals surface area contributed by atoms with Crippen LogP contribution in [0.4, 0.5) is 5.69 Å². The SMILES string of the molecule is C=C(C)CN(c1ccc(C)cc1OCc1ccccc1)S(=O)(=O)c1ccccc1. The summed E-state index contributed by atoms with van der Waals surface area (Å²) < 4.78 is 34.2. The zero-order valence-electron chi connectivity index (χ0n) is 16.7. The molecule has 3 rings (SSSR count). The Morgan fingerprint density at radius 1 is 0.966 bits per heavy atom. The van der Waals surface area contributed by atoms with Gasteiger partial charge in [0.2, 0.25) is 0 Å². The Balaban J connectivity index is 2.03. The smallest absolute Gasteiger partial charge is 0.264 e. The highest BCUT2D eigenvalue weighted by atomic mass is 32.2. The Kier molecular flexibility index (Phi) is 6.39. The van der Waals surface area contributed by atoms with Crippen LogP contribution in [-0.4, -0.2) is 15.0 Å². The van der Waals surface area contributed by atoms with Crippen molar-refractivity contribution >= 4 is 15.7 Å². The van der Waals surface area contributed by atoms with Crippen LogP contribution in [0.25, 0.3) is 0 Å². The van der Waals surface area contributed by atoms with Gasteiger partial charge in [-0.05, 0) is 49.2 Å². The lowest BCUT2D eigenvalue weighted by Gasteiger charge is -2.27. The molecular formula is C24H25NO3S. The summed E-state index contributed by atoms with van der Waals surface area (Å²) in [4.78, 5) is 0.232. The van der Waals surface area contributed by atoms with Gasteiger partial charge >= 0.3 is 0 Å². The van der Waals surface area contributed by atoms with Crippen molar-refractivity contribution in [2.75, 3.05) is 10.8 Å². The van der Waals surface area contributed by atoms with E-state index in [-0.39, 0.29) is 11.4 Å². The summed E-state index contributed by atoms with van der Waals surface area (Å²) in [6.45, 7) is 8.20. The molecule has 150 valence electrons. The lowest BCUT2D eigenvalue weighted by atomic mass is 10.2. The molecule has 0 aliphatic heterocycles. The van der Waals surface area contributed by atoms with Crippen LogP contribution in [0.5, 0.6) is 5.75 Å². The molecule has 0 aliphatic rings. The van der Waals surface area contributed by atoms with E-state index in [0.717, 1.165) is 16.7 Å². The minimum Gasteiger partial charge on any atom is -0.487 e. The molecule has 0 atom stereocenters. The molecule has 0 unspecified atom stereocenters. The zero-order chi connectivity index (χ0) is 20.9. The number of aryl methyl sites for hydroxylation is 1. The van der Waals surface area contributed by atoms with Crippen molar-refractivity contribution < 1.29 is 13.2 Å². The van der Waals surface area contributed by atoms with Crippen molar-refractivity contribution in [3.8, 4) is 5.75 Å². The largest absolute Gasteiger partial charge is 0.487 e. The van der Waals surface area contributed by atoms with Crippen molar-refractivity contribution in [3.05, 3.63) is 102 Å². The van der Waals surface area contributed by atoms with E-state index in [2.05, 4.69) is 6.58 Å². The number of hydrogen-bond donors (Lipinski definition) is 0. The Hall–Kier alpha value is -3.05. The maximum absolute atomic E-state index is 13.4. The van der Waals surface area contributed by atoms with Gasteiger partial charge in [-0.1, -0.05) is 66.7 Å². The minimum atomic E-state index is -3.77. The number of hydrogen-bond acceptors (Lipinski definition) is 3. The number of sulfonamides is 1. The molecule has 29 heavy (non-hydrogen) atoms. The standard InChI is InChI=1S/C24H25NO3S/c1-19(2)17-25(29(26,27)22-12-8-5-9-13-22)23-15-14-20(3)16-24(23)28-18-21-10-6-4-7-11-21/h4-16H,1,17-18H2,2-3H3. The molecule has 0 amide bonds. The molecular weight excluding hydrogens is 382 g/mol. The van der Waals surface area contributed by atoms with Crippen molar-refractivity contribution in [1.82, 2.24) is 0 Å². The molecule has 0 N–H and O–H groups in total. The van der Waals surface area contributed by atoms with Gasteiger partial charge in [0.05, 0.1) is 17.1 Å². The molecule has 0 radical (unpaired) electrons. The van der Waals surface area contributed by atoms with Crippen LogP contribution in [0.3, 0.4) is 0 Å². The first kappa shape index (κ1) is 20.7. The normalized spacial score (nSPS) is 11.1. The van der Waals surface area contributed by atoms with E-state index < -0.39 is 10.0 Å². The van der Waals surface area contributed by atoms with Crippen molar-refractivity contribution in [2.24, 2.45) is 0 Å². The highest BCUT2D eigenvalue weighted by Gasteiger charge is 2.27. The molecule has 0 saturated heterocycles. The first-order valence-electron chi connectivity index (χ1n) is 9.37. The first-order valence-corrected chi connectivity index (χ1v) is 10.8. The first-order chi connectivity index (χ1) is 13.9. The second kappa shape index (κ2) is 8.97. The van der Waals surface area contributed by atoms with Gasteiger partial charge < -0.3 is 4.74 Å². The molecule has 4 nitrogen and oxygen atoms in total. The monoisotopic (exact) mass is 407 g/mol. The van der Waals surface area contributed by atoms with E-state index in [1.54, 1.807) is 36.4 Å². The number of benzene rings is 3. The fourth-order valence-electron chi connectivity index (χ4n) is 2.94. The average Bonchev–Trinajstić information content (AvgIpc) is 2.72. The van der Waals surface area contributed by atoms with Crippen molar-refractivity contribution in [1.29, 1.82) is 0 Å². The van der Waals surface area contributed by atoms with E-state index in [1.165, 1.54) is 4.31 Å². The zero-order valence-corrected chi connectivity index (χ0v) is 17.5. The second-order valence-corrected chi connectivity index (χ2v) is 8.89. The molecule has 0 heterocycles. The fraction of sp³-hybridized carbons (Fsp3) is 0.167. The van der Waals surface area contributed by atoms with E-state index in [9.17, 15) is 8.42 Å². The molecule has 3 aromatic carbocycles. The highest BCUT2D eigenvalue weighted by Crippen LogP contribution is 2.34. The number of ether oxygens (including phenoxy) is 1. The maximum atomic E-state index is 13.4. The van der Waals surface area contributed by atoms with Gasteiger partial charge in [0.15, 0.2) is 0 Å². The summed E-state index contributed by atoms with van der Waals surface area (Å²) in [7, 11) is -3.77. The summed E-state index contributed by atoms with van der Waals surface area (Å²) >= 11 is 0. The number of anilines is 1. The predicted molar refractivity (Wildman–Crippen MR) is 118 cm³/mol. The van der Waals surface area contributed by atoms with E-state index in [4.69, 9.17) is 4.74 Å². The van der Waals surface area contributed by atoms with Crippen LogP contribution in [0.1, 0.15) is 18.1 Å².